The highest BCUT2D eigenvalue weighted by molar-refractivity contribution is 5.95. The van der Waals surface area contributed by atoms with Crippen molar-refractivity contribution in [2.75, 3.05) is 18.4 Å². The Kier molecular flexibility index (Phi) is 4.73. The van der Waals surface area contributed by atoms with E-state index in [0.29, 0.717) is 31.6 Å². The lowest BCUT2D eigenvalue weighted by Crippen LogP contribution is -2.47. The highest BCUT2D eigenvalue weighted by Gasteiger charge is 2.25. The second-order valence-electron chi connectivity index (χ2n) is 5.39. The summed E-state index contributed by atoms with van der Waals surface area (Å²) in [5, 5.41) is 12.3. The van der Waals surface area contributed by atoms with Crippen LogP contribution in [0.5, 0.6) is 0 Å². The van der Waals surface area contributed by atoms with Crippen LogP contribution in [0.1, 0.15) is 25.3 Å². The fourth-order valence-electron chi connectivity index (χ4n) is 2.41. The van der Waals surface area contributed by atoms with Gasteiger partial charge in [-0.2, -0.15) is 0 Å². The van der Waals surface area contributed by atoms with Crippen molar-refractivity contribution in [1.29, 1.82) is 0 Å². The van der Waals surface area contributed by atoms with Crippen LogP contribution < -0.4 is 5.32 Å². The lowest BCUT2D eigenvalue weighted by Gasteiger charge is -2.33. The molecule has 1 heterocycles. The number of aliphatic hydroxyl groups is 1. The first-order valence-electron chi connectivity index (χ1n) is 6.96. The number of benzene rings is 1. The Bertz CT molecular complexity index is 485. The number of likely N-dealkylation sites (tertiary alicyclic amines) is 1. The Balaban J connectivity index is 1.99. The number of amides is 1. The summed E-state index contributed by atoms with van der Waals surface area (Å²) in [7, 11) is 0. The molecule has 2 rings (SSSR count). The van der Waals surface area contributed by atoms with Gasteiger partial charge in [-0.15, -0.1) is 0 Å². The van der Waals surface area contributed by atoms with Gasteiger partial charge in [0.15, 0.2) is 0 Å². The summed E-state index contributed by atoms with van der Waals surface area (Å²) in [5.41, 5.74) is 1.35. The van der Waals surface area contributed by atoms with Gasteiger partial charge < -0.3 is 10.4 Å². The average Bonchev–Trinajstić information content (AvgIpc) is 2.43. The maximum Gasteiger partial charge on any atom is 0.241 e. The molecule has 2 N–H and O–H groups in total. The number of rotatable bonds is 3. The Hall–Kier alpha value is -1.46. The first-order chi connectivity index (χ1) is 9.47. The summed E-state index contributed by atoms with van der Waals surface area (Å²) >= 11 is 0. The molecule has 1 fully saturated rings. The minimum Gasteiger partial charge on any atom is -0.393 e. The molecule has 110 valence electrons. The fraction of sp³-hybridized carbons (Fsp3) is 0.533. The van der Waals surface area contributed by atoms with Crippen molar-refractivity contribution in [1.82, 2.24) is 4.90 Å². The van der Waals surface area contributed by atoms with E-state index >= 15 is 0 Å². The zero-order chi connectivity index (χ0) is 14.7. The fourth-order valence-corrected chi connectivity index (χ4v) is 2.41. The summed E-state index contributed by atoms with van der Waals surface area (Å²) in [6, 6.07) is 4.07. The van der Waals surface area contributed by atoms with Crippen molar-refractivity contribution in [3.05, 3.63) is 29.6 Å². The summed E-state index contributed by atoms with van der Waals surface area (Å²) in [6.45, 7) is 5.08. The lowest BCUT2D eigenvalue weighted by molar-refractivity contribution is -0.121. The number of aliphatic hydroxyl groups excluding tert-OH is 1. The van der Waals surface area contributed by atoms with Crippen molar-refractivity contribution in [2.45, 2.75) is 38.8 Å². The molecule has 1 saturated heterocycles. The predicted octanol–water partition coefficient (Wildman–Crippen LogP) is 1.92. The third kappa shape index (κ3) is 3.55. The number of halogens is 1. The first kappa shape index (κ1) is 14.9. The molecule has 0 saturated carbocycles. The van der Waals surface area contributed by atoms with Crippen LogP contribution in [0.4, 0.5) is 10.1 Å². The molecule has 1 amide bonds. The molecule has 5 heteroatoms. The zero-order valence-corrected chi connectivity index (χ0v) is 11.9. The molecule has 1 aliphatic heterocycles. The van der Waals surface area contributed by atoms with Crippen LogP contribution in [0, 0.1) is 12.7 Å². The van der Waals surface area contributed by atoms with Crippen molar-refractivity contribution in [3.8, 4) is 0 Å². The first-order valence-corrected chi connectivity index (χ1v) is 6.96. The second kappa shape index (κ2) is 6.33. The highest BCUT2D eigenvalue weighted by Crippen LogP contribution is 2.18. The van der Waals surface area contributed by atoms with E-state index < -0.39 is 0 Å². The van der Waals surface area contributed by atoms with Gasteiger partial charge in [-0.1, -0.05) is 6.07 Å². The molecule has 0 aromatic heterocycles. The summed E-state index contributed by atoms with van der Waals surface area (Å²) in [5.74, 6) is -0.505. The summed E-state index contributed by atoms with van der Waals surface area (Å²) in [6.07, 6.45) is 1.12. The molecule has 1 aliphatic rings. The van der Waals surface area contributed by atoms with Crippen LogP contribution in [-0.2, 0) is 4.79 Å². The molecule has 0 bridgehead atoms. The number of hydrogen-bond donors (Lipinski definition) is 2. The Morgan fingerprint density at radius 3 is 2.75 bits per heavy atom. The SMILES string of the molecule is Cc1ccc(F)cc1NC(=O)C(C)N1CCC(O)CC1. The minimum atomic E-state index is -0.361. The summed E-state index contributed by atoms with van der Waals surface area (Å²) < 4.78 is 13.2. The molecular formula is C15H21FN2O2. The van der Waals surface area contributed by atoms with Crippen LogP contribution in [0.3, 0.4) is 0 Å². The van der Waals surface area contributed by atoms with Gasteiger partial charge in [0, 0.05) is 18.8 Å². The molecular weight excluding hydrogens is 259 g/mol. The van der Waals surface area contributed by atoms with Crippen molar-refractivity contribution < 1.29 is 14.3 Å². The van der Waals surface area contributed by atoms with Crippen LogP contribution in [0.25, 0.3) is 0 Å². The third-order valence-corrected chi connectivity index (χ3v) is 3.88. The molecule has 1 aromatic carbocycles. The second-order valence-corrected chi connectivity index (χ2v) is 5.39. The number of nitrogens with zero attached hydrogens (tertiary/aromatic N) is 1. The van der Waals surface area contributed by atoms with Gasteiger partial charge in [0.1, 0.15) is 5.82 Å². The van der Waals surface area contributed by atoms with Gasteiger partial charge in [-0.05, 0) is 44.4 Å². The van der Waals surface area contributed by atoms with Crippen LogP contribution in [0.15, 0.2) is 18.2 Å². The van der Waals surface area contributed by atoms with Crippen LogP contribution >= 0.6 is 0 Å². The van der Waals surface area contributed by atoms with Gasteiger partial charge in [0.25, 0.3) is 0 Å². The molecule has 1 atom stereocenters. The number of carbonyl (C=O) groups excluding carboxylic acids is 1. The zero-order valence-electron chi connectivity index (χ0n) is 11.9. The van der Waals surface area contributed by atoms with Crippen molar-refractivity contribution in [2.24, 2.45) is 0 Å². The Morgan fingerprint density at radius 2 is 2.10 bits per heavy atom. The van der Waals surface area contributed by atoms with E-state index in [1.165, 1.54) is 12.1 Å². The van der Waals surface area contributed by atoms with Crippen molar-refractivity contribution >= 4 is 11.6 Å². The lowest BCUT2D eigenvalue weighted by atomic mass is 10.1. The van der Waals surface area contributed by atoms with E-state index in [4.69, 9.17) is 0 Å². The quantitative estimate of drug-likeness (QED) is 0.889. The average molecular weight is 280 g/mol. The van der Waals surface area contributed by atoms with Gasteiger partial charge in [-0.25, -0.2) is 4.39 Å². The van der Waals surface area contributed by atoms with Gasteiger partial charge in [0.2, 0.25) is 5.91 Å². The monoisotopic (exact) mass is 280 g/mol. The number of aryl methyl sites for hydroxylation is 1. The smallest absolute Gasteiger partial charge is 0.241 e. The van der Waals surface area contributed by atoms with Crippen LogP contribution in [-0.4, -0.2) is 41.1 Å². The number of hydrogen-bond acceptors (Lipinski definition) is 3. The van der Waals surface area contributed by atoms with Crippen molar-refractivity contribution in [3.63, 3.8) is 0 Å². The molecule has 4 nitrogen and oxygen atoms in total. The Morgan fingerprint density at radius 1 is 1.45 bits per heavy atom. The number of piperidine rings is 1. The molecule has 0 spiro atoms. The topological polar surface area (TPSA) is 52.6 Å². The van der Waals surface area contributed by atoms with E-state index in [1.54, 1.807) is 6.07 Å². The molecule has 1 aromatic rings. The minimum absolute atomic E-state index is 0.143. The normalized spacial score (nSPS) is 18.8. The van der Waals surface area contributed by atoms with Gasteiger partial charge >= 0.3 is 0 Å². The molecule has 0 aliphatic carbocycles. The third-order valence-electron chi connectivity index (χ3n) is 3.88. The van der Waals surface area contributed by atoms with E-state index in [2.05, 4.69) is 5.32 Å². The molecule has 0 radical (unpaired) electrons. The number of carbonyl (C=O) groups is 1. The largest absolute Gasteiger partial charge is 0.393 e. The number of anilines is 1. The maximum absolute atomic E-state index is 13.2. The molecule has 1 unspecified atom stereocenters. The molecule has 20 heavy (non-hydrogen) atoms. The van der Waals surface area contributed by atoms with E-state index in [9.17, 15) is 14.3 Å². The highest BCUT2D eigenvalue weighted by atomic mass is 19.1. The van der Waals surface area contributed by atoms with Gasteiger partial charge in [-0.3, -0.25) is 9.69 Å². The van der Waals surface area contributed by atoms with Crippen LogP contribution in [0.2, 0.25) is 0 Å². The van der Waals surface area contributed by atoms with E-state index in [-0.39, 0.29) is 23.9 Å². The summed E-state index contributed by atoms with van der Waals surface area (Å²) in [4.78, 5) is 14.3. The number of nitrogens with one attached hydrogen (secondary N) is 1. The van der Waals surface area contributed by atoms with E-state index in [1.807, 2.05) is 18.7 Å². The van der Waals surface area contributed by atoms with E-state index in [0.717, 1.165) is 5.56 Å². The standard InChI is InChI=1S/C15H21FN2O2/c1-10-3-4-12(16)9-14(10)17-15(20)11(2)18-7-5-13(19)6-8-18/h3-4,9,11,13,19H,5-8H2,1-2H3,(H,17,20). The maximum atomic E-state index is 13.2. The predicted molar refractivity (Wildman–Crippen MR) is 76.0 cm³/mol. The Labute approximate surface area is 118 Å². The van der Waals surface area contributed by atoms with Gasteiger partial charge in [0.05, 0.1) is 12.1 Å².